The fourth-order valence-corrected chi connectivity index (χ4v) is 1.57. The zero-order valence-electron chi connectivity index (χ0n) is 9.31. The highest BCUT2D eigenvalue weighted by atomic mass is 16.5. The topological polar surface area (TPSA) is 81.3 Å². The van der Waals surface area contributed by atoms with Gasteiger partial charge >= 0.3 is 5.97 Å². The Morgan fingerprint density at radius 2 is 2.18 bits per heavy atom. The van der Waals surface area contributed by atoms with Gasteiger partial charge in [-0.05, 0) is 12.1 Å². The Balaban J connectivity index is 2.87. The number of hydrogen-bond acceptors (Lipinski definition) is 5. The first-order valence-corrected chi connectivity index (χ1v) is 4.82. The number of carbonyl (C=O) groups is 1. The molecule has 2 heterocycles. The summed E-state index contributed by atoms with van der Waals surface area (Å²) < 4.78 is 9.67. The van der Waals surface area contributed by atoms with E-state index in [9.17, 15) is 9.59 Å². The van der Waals surface area contributed by atoms with Gasteiger partial charge in [-0.25, -0.2) is 4.79 Å². The average Bonchev–Trinajstić information content (AvgIpc) is 2.38. The summed E-state index contributed by atoms with van der Waals surface area (Å²) >= 11 is 0. The predicted octanol–water partition coefficient (Wildman–Crippen LogP) is 0.718. The molecular weight excluding hydrogens is 224 g/mol. The molecule has 0 aromatic carbocycles. The van der Waals surface area contributed by atoms with E-state index in [-0.39, 0.29) is 11.4 Å². The summed E-state index contributed by atoms with van der Waals surface area (Å²) in [5.41, 5.74) is -0.111. The van der Waals surface area contributed by atoms with Gasteiger partial charge in [-0.2, -0.15) is 0 Å². The maximum absolute atomic E-state index is 11.7. The molecule has 0 saturated heterocycles. The minimum atomic E-state index is -0.675. The highest BCUT2D eigenvalue weighted by Gasteiger charge is 2.19. The van der Waals surface area contributed by atoms with Crippen LogP contribution in [0.2, 0.25) is 0 Å². The van der Waals surface area contributed by atoms with Crippen LogP contribution in [0.15, 0.2) is 23.1 Å². The molecule has 0 aliphatic rings. The fraction of sp³-hybridized carbons (Fsp3) is 0.182. The molecule has 0 fully saturated rings. The van der Waals surface area contributed by atoms with Crippen LogP contribution in [0.5, 0.6) is 5.75 Å². The maximum atomic E-state index is 11.7. The van der Waals surface area contributed by atoms with E-state index in [1.54, 1.807) is 12.1 Å². The van der Waals surface area contributed by atoms with Gasteiger partial charge in [-0.1, -0.05) is 0 Å². The van der Waals surface area contributed by atoms with Crippen molar-refractivity contribution in [3.05, 3.63) is 34.4 Å². The number of aromatic nitrogens is 2. The maximum Gasteiger partial charge on any atom is 0.358 e. The van der Waals surface area contributed by atoms with Crippen LogP contribution in [0.4, 0.5) is 0 Å². The van der Waals surface area contributed by atoms with Crippen molar-refractivity contribution in [1.82, 2.24) is 9.97 Å². The number of H-pyrrole nitrogens is 1. The molecule has 0 spiro atoms. The van der Waals surface area contributed by atoms with Gasteiger partial charge in [0, 0.05) is 6.20 Å². The fourth-order valence-electron chi connectivity index (χ4n) is 1.57. The molecule has 6 heteroatoms. The minimum absolute atomic E-state index is 0.0359. The summed E-state index contributed by atoms with van der Waals surface area (Å²) in [6.07, 6.45) is 1.52. The first-order chi connectivity index (χ1) is 8.19. The molecule has 0 aliphatic carbocycles. The van der Waals surface area contributed by atoms with Crippen LogP contribution in [-0.4, -0.2) is 30.2 Å². The Kier molecular flexibility index (Phi) is 2.78. The molecule has 0 amide bonds. The molecule has 0 saturated carbocycles. The summed E-state index contributed by atoms with van der Waals surface area (Å²) in [4.78, 5) is 29.7. The lowest BCUT2D eigenvalue weighted by Gasteiger charge is -2.08. The Morgan fingerprint density at radius 3 is 2.82 bits per heavy atom. The smallest absolute Gasteiger partial charge is 0.358 e. The van der Waals surface area contributed by atoms with E-state index < -0.39 is 11.5 Å². The minimum Gasteiger partial charge on any atom is -0.492 e. The van der Waals surface area contributed by atoms with Crippen LogP contribution in [0.3, 0.4) is 0 Å². The Bertz CT molecular complexity index is 633. The molecule has 17 heavy (non-hydrogen) atoms. The quantitative estimate of drug-likeness (QED) is 0.774. The van der Waals surface area contributed by atoms with Crippen molar-refractivity contribution in [3.8, 4) is 5.75 Å². The largest absolute Gasteiger partial charge is 0.492 e. The average molecular weight is 234 g/mol. The number of ether oxygens (including phenoxy) is 2. The van der Waals surface area contributed by atoms with E-state index in [0.717, 1.165) is 0 Å². The molecule has 6 nitrogen and oxygen atoms in total. The van der Waals surface area contributed by atoms with Crippen LogP contribution in [0, 0.1) is 0 Å². The summed E-state index contributed by atoms with van der Waals surface area (Å²) in [5.74, 6) is -0.474. The Morgan fingerprint density at radius 1 is 1.41 bits per heavy atom. The first kappa shape index (κ1) is 11.1. The monoisotopic (exact) mass is 234 g/mol. The summed E-state index contributed by atoms with van der Waals surface area (Å²) in [5, 5.41) is 0.358. The van der Waals surface area contributed by atoms with Crippen molar-refractivity contribution >= 4 is 16.9 Å². The highest BCUT2D eigenvalue weighted by Crippen LogP contribution is 2.23. The van der Waals surface area contributed by atoms with Gasteiger partial charge in [0.1, 0.15) is 5.52 Å². The molecule has 0 bridgehead atoms. The number of esters is 1. The van der Waals surface area contributed by atoms with Crippen molar-refractivity contribution in [2.75, 3.05) is 14.2 Å². The summed E-state index contributed by atoms with van der Waals surface area (Å²) in [6, 6.07) is 3.24. The van der Waals surface area contributed by atoms with E-state index >= 15 is 0 Å². The van der Waals surface area contributed by atoms with E-state index in [1.165, 1.54) is 20.4 Å². The van der Waals surface area contributed by atoms with Gasteiger partial charge in [0.15, 0.2) is 11.4 Å². The van der Waals surface area contributed by atoms with Crippen LogP contribution >= 0.6 is 0 Å². The molecule has 1 N–H and O–H groups in total. The van der Waals surface area contributed by atoms with Gasteiger partial charge in [0.05, 0.1) is 19.6 Å². The van der Waals surface area contributed by atoms with Gasteiger partial charge in [-0.15, -0.1) is 0 Å². The molecule has 0 unspecified atom stereocenters. The van der Waals surface area contributed by atoms with E-state index in [1.807, 2.05) is 0 Å². The third-order valence-electron chi connectivity index (χ3n) is 2.33. The zero-order valence-corrected chi connectivity index (χ0v) is 9.31. The third-order valence-corrected chi connectivity index (χ3v) is 2.33. The number of methoxy groups -OCH3 is 2. The van der Waals surface area contributed by atoms with Crippen molar-refractivity contribution in [3.63, 3.8) is 0 Å². The lowest BCUT2D eigenvalue weighted by molar-refractivity contribution is 0.0590. The van der Waals surface area contributed by atoms with Gasteiger partial charge in [0.25, 0.3) is 5.56 Å². The molecule has 2 rings (SSSR count). The van der Waals surface area contributed by atoms with Crippen LogP contribution in [-0.2, 0) is 4.74 Å². The van der Waals surface area contributed by atoms with Gasteiger partial charge in [0.2, 0.25) is 0 Å². The van der Waals surface area contributed by atoms with E-state index in [0.29, 0.717) is 10.9 Å². The number of pyridine rings is 2. The second kappa shape index (κ2) is 4.25. The highest BCUT2D eigenvalue weighted by molar-refractivity contribution is 5.97. The number of aromatic amines is 1. The number of nitrogens with zero attached hydrogens (tertiary/aromatic N) is 1. The Labute approximate surface area is 96.2 Å². The van der Waals surface area contributed by atoms with Crippen LogP contribution < -0.4 is 10.3 Å². The number of rotatable bonds is 2. The number of nitrogens with one attached hydrogen (secondary N) is 1. The van der Waals surface area contributed by atoms with Crippen LogP contribution in [0.1, 0.15) is 10.5 Å². The summed E-state index contributed by atoms with van der Waals surface area (Å²) in [6.45, 7) is 0. The molecule has 2 aromatic rings. The van der Waals surface area contributed by atoms with E-state index in [2.05, 4.69) is 14.7 Å². The van der Waals surface area contributed by atoms with Crippen molar-refractivity contribution in [2.45, 2.75) is 0 Å². The molecule has 0 atom stereocenters. The second-order valence-electron chi connectivity index (χ2n) is 3.25. The zero-order chi connectivity index (χ0) is 12.4. The molecule has 0 radical (unpaired) electrons. The first-order valence-electron chi connectivity index (χ1n) is 4.82. The van der Waals surface area contributed by atoms with Crippen molar-refractivity contribution in [1.29, 1.82) is 0 Å². The number of carbonyl (C=O) groups excluding carboxylic acids is 1. The standard InChI is InChI=1S/C11H10N2O4/c1-16-9-7-6(4-3-5-12-7)10(14)13-8(9)11(15)17-2/h3-5H,1-2H3,(H,13,14). The number of hydrogen-bond donors (Lipinski definition) is 1. The molecule has 2 aromatic heterocycles. The summed E-state index contributed by atoms with van der Waals surface area (Å²) in [7, 11) is 2.62. The van der Waals surface area contributed by atoms with Gasteiger partial charge in [-0.3, -0.25) is 9.78 Å². The predicted molar refractivity (Wildman–Crippen MR) is 60.3 cm³/mol. The van der Waals surface area contributed by atoms with Gasteiger partial charge < -0.3 is 14.5 Å². The lowest BCUT2D eigenvalue weighted by Crippen LogP contribution is -2.16. The molecular formula is C11H10N2O4. The normalized spacial score (nSPS) is 10.2. The lowest BCUT2D eigenvalue weighted by atomic mass is 10.2. The Hall–Kier alpha value is -2.37. The molecule has 88 valence electrons. The van der Waals surface area contributed by atoms with Crippen LogP contribution in [0.25, 0.3) is 10.9 Å². The van der Waals surface area contributed by atoms with E-state index in [4.69, 9.17) is 4.74 Å². The van der Waals surface area contributed by atoms with Crippen molar-refractivity contribution in [2.24, 2.45) is 0 Å². The van der Waals surface area contributed by atoms with Crippen molar-refractivity contribution < 1.29 is 14.3 Å². The number of fused-ring (bicyclic) bond motifs is 1. The molecule has 0 aliphatic heterocycles. The second-order valence-corrected chi connectivity index (χ2v) is 3.25. The third kappa shape index (κ3) is 1.73. The SMILES string of the molecule is COC(=O)c1[nH]c(=O)c2cccnc2c1OC.